The molecule has 0 spiro atoms. The van der Waals surface area contributed by atoms with Gasteiger partial charge in [0.15, 0.2) is 0 Å². The van der Waals surface area contributed by atoms with Gasteiger partial charge in [-0.1, -0.05) is 61.9 Å². The third kappa shape index (κ3) is 8.57. The molecular weight excluding hydrogens is 542 g/mol. The van der Waals surface area contributed by atoms with E-state index in [0.717, 1.165) is 59.9 Å². The third-order valence-corrected chi connectivity index (χ3v) is 8.59. The van der Waals surface area contributed by atoms with E-state index >= 15 is 0 Å². The van der Waals surface area contributed by atoms with Gasteiger partial charge in [0.1, 0.15) is 16.8 Å². The molecule has 1 saturated heterocycles. The fourth-order valence-corrected chi connectivity index (χ4v) is 6.35. The summed E-state index contributed by atoms with van der Waals surface area (Å²) < 4.78 is 24.3. The molecule has 0 aromatic heterocycles. The van der Waals surface area contributed by atoms with Crippen LogP contribution in [0.4, 0.5) is 4.79 Å². The first-order chi connectivity index (χ1) is 19.4. The molecule has 2 aliphatic rings. The highest BCUT2D eigenvalue weighted by atomic mass is 32.2. The minimum atomic E-state index is -1.09. The Balaban J connectivity index is 1.27. The second-order valence-corrected chi connectivity index (χ2v) is 11.9. The minimum absolute atomic E-state index is 0.283. The molecule has 0 radical (unpaired) electrons. The number of allylic oxidation sites excluding steroid dienone is 5. The summed E-state index contributed by atoms with van der Waals surface area (Å²) in [6.45, 7) is 5.22. The number of ether oxygens (including phenoxy) is 2. The van der Waals surface area contributed by atoms with E-state index in [0.29, 0.717) is 25.4 Å². The summed E-state index contributed by atoms with van der Waals surface area (Å²) in [6, 6.07) is 17.6. The monoisotopic (exact) mass is 577 g/mol. The molecule has 2 aromatic carbocycles. The summed E-state index contributed by atoms with van der Waals surface area (Å²) in [4.78, 5) is 23.3. The fraction of sp³-hybridized carbons (Fsp3) is 0.312. The van der Waals surface area contributed by atoms with Crippen molar-refractivity contribution in [2.45, 2.75) is 51.2 Å². The van der Waals surface area contributed by atoms with Crippen molar-refractivity contribution in [1.29, 1.82) is 0 Å². The highest BCUT2D eigenvalue weighted by Crippen LogP contribution is 2.34. The average molecular weight is 578 g/mol. The Labute approximate surface area is 243 Å². The number of hydrogen-bond acceptors (Lipinski definition) is 6. The highest BCUT2D eigenvalue weighted by Gasteiger charge is 2.32. The summed E-state index contributed by atoms with van der Waals surface area (Å²) in [5, 5.41) is 5.13. The molecule has 2 heterocycles. The van der Waals surface area contributed by atoms with Gasteiger partial charge in [0.2, 0.25) is 5.91 Å². The largest absolute Gasteiger partial charge is 0.494 e. The Kier molecular flexibility index (Phi) is 11.0. The summed E-state index contributed by atoms with van der Waals surface area (Å²) in [7, 11) is -1.09. The van der Waals surface area contributed by atoms with Crippen molar-refractivity contribution < 1.29 is 23.3 Å². The van der Waals surface area contributed by atoms with Crippen LogP contribution in [-0.4, -0.2) is 28.6 Å². The third-order valence-electron chi connectivity index (χ3n) is 6.54. The van der Waals surface area contributed by atoms with Crippen molar-refractivity contribution in [2.24, 2.45) is 0 Å². The summed E-state index contributed by atoms with van der Waals surface area (Å²) in [5.41, 5.74) is 5.31. The number of hydrogen-bond donors (Lipinski definition) is 1. The van der Waals surface area contributed by atoms with Crippen molar-refractivity contribution >= 4 is 33.7 Å². The molecule has 1 N–H and O–H groups in total. The van der Waals surface area contributed by atoms with Crippen molar-refractivity contribution in [3.63, 3.8) is 0 Å². The van der Waals surface area contributed by atoms with Gasteiger partial charge in [-0.25, -0.2) is 0 Å². The van der Waals surface area contributed by atoms with E-state index in [1.807, 2.05) is 60.0 Å². The maximum Gasteiger partial charge on any atom is 0.286 e. The topological polar surface area (TPSA) is 81.7 Å². The molecule has 2 aliphatic heterocycles. The Hall–Kier alpha value is -3.36. The number of thioether (sulfide) groups is 1. The standard InChI is InChI=1S/C32H35NO5S2/c1-3-8-23(2)29(18-15-27-22-40(36)21-26(27)12-11-24-9-5-4-6-10-24)38-20-7-19-37-28-16-13-25(14-17-28)30-31(34)33-32(35)39-30/h4-6,9-10,13-18,21-22,30H,3,7-8,11-12,19-20H2,1-2H3,(H,33,34,35)/b18-15-,29-23-. The molecule has 0 saturated carbocycles. The Morgan fingerprint density at radius 1 is 1.02 bits per heavy atom. The van der Waals surface area contributed by atoms with Crippen molar-refractivity contribution in [2.75, 3.05) is 13.2 Å². The first-order valence-electron chi connectivity index (χ1n) is 13.5. The van der Waals surface area contributed by atoms with Gasteiger partial charge >= 0.3 is 0 Å². The molecule has 0 aliphatic carbocycles. The van der Waals surface area contributed by atoms with Gasteiger partial charge < -0.3 is 9.47 Å². The fourth-order valence-electron chi connectivity index (χ4n) is 4.44. The van der Waals surface area contributed by atoms with Gasteiger partial charge in [0.25, 0.3) is 5.24 Å². The number of carbonyl (C=O) groups is 2. The van der Waals surface area contributed by atoms with Crippen LogP contribution in [0, 0.1) is 0 Å². The van der Waals surface area contributed by atoms with Crippen LogP contribution in [-0.2, 0) is 26.8 Å². The lowest BCUT2D eigenvalue weighted by Gasteiger charge is -2.13. The zero-order valence-electron chi connectivity index (χ0n) is 22.9. The lowest BCUT2D eigenvalue weighted by atomic mass is 10.00. The van der Waals surface area contributed by atoms with Crippen LogP contribution >= 0.6 is 11.8 Å². The second-order valence-electron chi connectivity index (χ2n) is 9.65. The molecule has 210 valence electrons. The molecule has 40 heavy (non-hydrogen) atoms. The van der Waals surface area contributed by atoms with Crippen molar-refractivity contribution in [3.05, 3.63) is 111 Å². The van der Waals surface area contributed by atoms with Gasteiger partial charge in [-0.2, -0.15) is 0 Å². The number of carbonyl (C=O) groups excluding carboxylic acids is 2. The van der Waals surface area contributed by atoms with Crippen LogP contribution in [0.2, 0.25) is 0 Å². The van der Waals surface area contributed by atoms with E-state index in [-0.39, 0.29) is 11.1 Å². The molecule has 2 atom stereocenters. The average Bonchev–Trinajstić information content (AvgIpc) is 3.49. The minimum Gasteiger partial charge on any atom is -0.494 e. The molecule has 6 nitrogen and oxygen atoms in total. The van der Waals surface area contributed by atoms with Crippen LogP contribution in [0.1, 0.15) is 55.9 Å². The van der Waals surface area contributed by atoms with E-state index in [2.05, 4.69) is 31.3 Å². The molecule has 2 amide bonds. The molecule has 1 fully saturated rings. The van der Waals surface area contributed by atoms with Crippen LogP contribution in [0.5, 0.6) is 5.75 Å². The number of imide groups is 1. The molecular formula is C32H35NO5S2. The molecule has 2 aromatic rings. The van der Waals surface area contributed by atoms with E-state index < -0.39 is 16.0 Å². The van der Waals surface area contributed by atoms with E-state index in [1.165, 1.54) is 11.1 Å². The number of benzene rings is 2. The van der Waals surface area contributed by atoms with Gasteiger partial charge in [0, 0.05) is 17.2 Å². The predicted octanol–water partition coefficient (Wildman–Crippen LogP) is 7.29. The zero-order chi connectivity index (χ0) is 28.3. The SMILES string of the molecule is CCC/C(C)=C(/C=C\C1=CS(=O)C=C1CCc1ccccc1)OCCCOc1ccc(C2SC(=O)NC2=O)cc1. The number of amides is 2. The van der Waals surface area contributed by atoms with Gasteiger partial charge in [-0.15, -0.1) is 0 Å². The van der Waals surface area contributed by atoms with Crippen LogP contribution in [0.15, 0.2) is 100 Å². The Morgan fingerprint density at radius 2 is 1.80 bits per heavy atom. The Bertz CT molecular complexity index is 1340. The predicted molar refractivity (Wildman–Crippen MR) is 162 cm³/mol. The second kappa shape index (κ2) is 14.9. The molecule has 0 bridgehead atoms. The molecule has 2 unspecified atom stereocenters. The van der Waals surface area contributed by atoms with Gasteiger partial charge in [-0.3, -0.25) is 19.1 Å². The highest BCUT2D eigenvalue weighted by molar-refractivity contribution is 8.15. The van der Waals surface area contributed by atoms with Crippen LogP contribution in [0.25, 0.3) is 0 Å². The zero-order valence-corrected chi connectivity index (χ0v) is 24.5. The lowest BCUT2D eigenvalue weighted by Crippen LogP contribution is -2.20. The smallest absolute Gasteiger partial charge is 0.286 e. The number of rotatable bonds is 14. The maximum atomic E-state index is 12.3. The summed E-state index contributed by atoms with van der Waals surface area (Å²) in [5.74, 6) is 1.26. The van der Waals surface area contributed by atoms with Crippen molar-refractivity contribution in [1.82, 2.24) is 5.32 Å². The van der Waals surface area contributed by atoms with Crippen LogP contribution in [0.3, 0.4) is 0 Å². The summed E-state index contributed by atoms with van der Waals surface area (Å²) >= 11 is 0.990. The van der Waals surface area contributed by atoms with E-state index in [1.54, 1.807) is 5.41 Å². The van der Waals surface area contributed by atoms with Crippen LogP contribution < -0.4 is 10.1 Å². The van der Waals surface area contributed by atoms with E-state index in [9.17, 15) is 13.8 Å². The molecule has 8 heteroatoms. The lowest BCUT2D eigenvalue weighted by molar-refractivity contribution is -0.119. The number of nitrogens with one attached hydrogen (secondary N) is 1. The first-order valence-corrected chi connectivity index (χ1v) is 15.7. The molecule has 4 rings (SSSR count). The number of aryl methyl sites for hydroxylation is 1. The quantitative estimate of drug-likeness (QED) is 0.144. The Morgan fingerprint density at radius 3 is 2.50 bits per heavy atom. The van der Waals surface area contributed by atoms with Gasteiger partial charge in [0.05, 0.1) is 24.0 Å². The van der Waals surface area contributed by atoms with Gasteiger partial charge in [-0.05, 0) is 84.0 Å². The normalized spacial score (nSPS) is 19.4. The maximum absolute atomic E-state index is 12.3. The first kappa shape index (κ1) is 29.6. The van der Waals surface area contributed by atoms with E-state index in [4.69, 9.17) is 9.47 Å². The summed E-state index contributed by atoms with van der Waals surface area (Å²) in [6.07, 6.45) is 8.41. The van der Waals surface area contributed by atoms with Crippen molar-refractivity contribution in [3.8, 4) is 5.75 Å².